The Kier molecular flexibility index (Phi) is 32.7. The van der Waals surface area contributed by atoms with Crippen molar-refractivity contribution in [3.8, 4) is 84.0 Å². The molecule has 0 aliphatic carbocycles. The number of rotatable bonds is 32. The number of Topliss-reactive ketones (excluding diaryl/α,β-unsaturated/α-hetero) is 2. The number of anilines is 3. The monoisotopic (exact) mass is 1960 g/mol. The van der Waals surface area contributed by atoms with Gasteiger partial charge in [0.25, 0.3) is 0 Å². The molecule has 0 aromatic heterocycles. The number of aromatic carboxylic acids is 3. The lowest BCUT2D eigenvalue weighted by Gasteiger charge is -2.26. The largest absolute Gasteiger partial charge is 0.507 e. The van der Waals surface area contributed by atoms with Gasteiger partial charge in [0.2, 0.25) is 47.8 Å². The molecule has 0 unspecified atom stereocenters. The van der Waals surface area contributed by atoms with E-state index in [4.69, 9.17) is 0 Å². The Morgan fingerprint density at radius 2 is 0.479 bits per heavy atom. The van der Waals surface area contributed by atoms with E-state index in [1.165, 1.54) is 146 Å². The van der Waals surface area contributed by atoms with Crippen LogP contribution in [0.3, 0.4) is 0 Å². The molecule has 0 spiro atoms. The quantitative estimate of drug-likeness (QED) is 0.0213. The number of hydrogen-bond donors (Lipinski definition) is 6. The Bertz CT molecular complexity index is 7590. The van der Waals surface area contributed by atoms with E-state index in [-0.39, 0.29) is 79.6 Å². The van der Waals surface area contributed by atoms with Gasteiger partial charge in [0.15, 0.2) is 11.6 Å². The average Bonchev–Trinajstić information content (AvgIpc) is 0.797. The molecule has 0 fully saturated rings. The number of nitrogens with zero attached hydrogens (tertiary/aromatic N) is 6. The predicted molar refractivity (Wildman–Crippen MR) is 548 cm³/mol. The van der Waals surface area contributed by atoms with Crippen molar-refractivity contribution in [2.24, 2.45) is 0 Å². The van der Waals surface area contributed by atoms with E-state index < -0.39 is 103 Å². The second kappa shape index (κ2) is 45.0. The minimum atomic E-state index is -3.98. The van der Waals surface area contributed by atoms with Crippen LogP contribution in [0, 0.1) is 27.7 Å². The fourth-order valence-corrected chi connectivity index (χ4v) is 18.9. The van der Waals surface area contributed by atoms with Crippen molar-refractivity contribution in [1.29, 1.82) is 0 Å². The Morgan fingerprint density at radius 1 is 0.246 bits per heavy atom. The number of carboxylic acid groups (broad SMARTS) is 3. The number of phenols is 3. The third-order valence-corrected chi connectivity index (χ3v) is 29.3. The highest BCUT2D eigenvalue weighted by Crippen LogP contribution is 2.36. The number of ketones is 2. The standard InChI is InChI=1S/2C38H34N2O7S.C37H34N2O6S/c1-25-4-19-34(20-5-25)48(46,47)39(3)24-37(43)40(33-18-21-35(38(44)45)36(42)22-33)23-27-6-8-29(9-7-27)31-14-16-32(17-15-31)30-12-10-28(11-13-30)26(2)41;1-25-7-18-34(19-8-25)48(46,47)39(3)24-37(43)40(33-17-20-35(38(44)45)36(42)22-33)23-27-9-11-28(12-10-27)29-13-15-30(16-14-29)32-6-4-5-31(21-32)26(2)41;1-25-7-18-33(19-8-25)46(44,45)38(3)24-36(41)39(32-17-20-34(37(42)43)35(40)22-32)23-27-9-11-28(12-10-27)29-13-15-30(16-14-29)31-6-4-5-26(2)21-31/h2*4-22,42H,23-24H2,1-3H3,(H,44,45);4-22,40H,23-24H2,1-3H3,(H,42,43). The molecule has 0 aliphatic rings. The molecule has 722 valence electrons. The summed E-state index contributed by atoms with van der Waals surface area (Å²) in [6.45, 7) is 9.28. The molecule has 15 rings (SSSR count). The lowest BCUT2D eigenvalue weighted by atomic mass is 9.98. The number of carbonyl (C=O) groups is 8. The summed E-state index contributed by atoms with van der Waals surface area (Å²) in [6.07, 6.45) is 0. The summed E-state index contributed by atoms with van der Waals surface area (Å²) in [6, 6.07) is 100. The first-order valence-corrected chi connectivity index (χ1v) is 49.0. The molecule has 15 aromatic rings. The number of carbonyl (C=O) groups excluding carboxylic acids is 5. The maximum Gasteiger partial charge on any atom is 0.339 e. The van der Waals surface area contributed by atoms with Crippen molar-refractivity contribution in [3.05, 3.63) is 413 Å². The van der Waals surface area contributed by atoms with E-state index >= 15 is 0 Å². The van der Waals surface area contributed by atoms with Crippen LogP contribution in [0.5, 0.6) is 17.2 Å². The number of sulfonamides is 3. The number of benzene rings is 15. The number of carboxylic acids is 3. The Morgan fingerprint density at radius 3 is 0.718 bits per heavy atom. The van der Waals surface area contributed by atoms with Gasteiger partial charge in [-0.05, 0) is 204 Å². The zero-order valence-electron chi connectivity index (χ0n) is 79.0. The van der Waals surface area contributed by atoms with Crippen LogP contribution >= 0.6 is 0 Å². The van der Waals surface area contributed by atoms with Crippen LogP contribution in [-0.2, 0) is 64.1 Å². The maximum atomic E-state index is 13.7. The first kappa shape index (κ1) is 103. The topological polar surface area (TPSA) is 380 Å². The number of amides is 3. The molecule has 142 heavy (non-hydrogen) atoms. The molecule has 0 aliphatic heterocycles. The second-order valence-electron chi connectivity index (χ2n) is 34.1. The zero-order valence-corrected chi connectivity index (χ0v) is 81.4. The normalized spacial score (nSPS) is 11.4. The number of aromatic hydroxyl groups is 3. The van der Waals surface area contributed by atoms with Crippen LogP contribution < -0.4 is 14.7 Å². The summed E-state index contributed by atoms with van der Waals surface area (Å²) in [7, 11) is -7.97. The van der Waals surface area contributed by atoms with Gasteiger partial charge in [-0.25, -0.2) is 39.6 Å². The van der Waals surface area contributed by atoms with Gasteiger partial charge in [0, 0.05) is 67.5 Å². The second-order valence-corrected chi connectivity index (χ2v) is 40.3. The first-order chi connectivity index (χ1) is 67.6. The molecule has 26 nitrogen and oxygen atoms in total. The molecule has 0 bridgehead atoms. The Hall–Kier alpha value is -16.4. The van der Waals surface area contributed by atoms with Gasteiger partial charge in [-0.2, -0.15) is 12.9 Å². The summed E-state index contributed by atoms with van der Waals surface area (Å²) in [4.78, 5) is 103. The molecule has 3 amide bonds. The average molecular weight is 1960 g/mol. The van der Waals surface area contributed by atoms with E-state index in [9.17, 15) is 94.2 Å². The van der Waals surface area contributed by atoms with Gasteiger partial charge in [-0.3, -0.25) is 24.0 Å². The molecule has 0 radical (unpaired) electrons. The third kappa shape index (κ3) is 25.4. The van der Waals surface area contributed by atoms with E-state index in [1.54, 1.807) is 54.6 Å². The number of aryl methyl sites for hydroxylation is 4. The highest BCUT2D eigenvalue weighted by Gasteiger charge is 2.32. The molecule has 29 heteroatoms. The van der Waals surface area contributed by atoms with Crippen molar-refractivity contribution in [2.45, 2.75) is 75.9 Å². The highest BCUT2D eigenvalue weighted by molar-refractivity contribution is 7.89. The Balaban J connectivity index is 0.000000179. The van der Waals surface area contributed by atoms with Crippen LogP contribution in [0.2, 0.25) is 0 Å². The van der Waals surface area contributed by atoms with Crippen LogP contribution in [-0.4, -0.2) is 157 Å². The molecule has 0 atom stereocenters. The van der Waals surface area contributed by atoms with Gasteiger partial charge in [-0.1, -0.05) is 271 Å². The smallest absolute Gasteiger partial charge is 0.339 e. The minimum absolute atomic E-state index is 0.00204. The summed E-state index contributed by atoms with van der Waals surface area (Å²) < 4.78 is 82.2. The van der Waals surface area contributed by atoms with Crippen molar-refractivity contribution < 1.29 is 94.2 Å². The molecule has 6 N–H and O–H groups in total. The van der Waals surface area contributed by atoms with Crippen molar-refractivity contribution in [2.75, 3.05) is 55.5 Å². The SMILES string of the molecule is CC(=O)c1ccc(-c2ccc(-c3ccc(CN(C(=O)CN(C)S(=O)(=O)c4ccc(C)cc4)c4ccc(C(=O)O)c(O)c4)cc3)cc2)cc1.CC(=O)c1cccc(-c2ccc(-c3ccc(CN(C(=O)CN(C)S(=O)(=O)c4ccc(C)cc4)c4ccc(C(=O)O)c(O)c4)cc3)cc2)c1.Cc1ccc(S(=O)(=O)N(C)CC(=O)N(Cc2ccc(-c3ccc(-c4cccc(C)c4)cc3)cc2)c2ccc(C(=O)O)c(O)c2)cc1. The molecule has 0 heterocycles. The minimum Gasteiger partial charge on any atom is -0.507 e. The van der Waals surface area contributed by atoms with Gasteiger partial charge < -0.3 is 45.3 Å². The highest BCUT2D eigenvalue weighted by atomic mass is 32.2. The van der Waals surface area contributed by atoms with Crippen LogP contribution in [0.1, 0.15) is 105 Å². The molecule has 0 saturated carbocycles. The lowest BCUT2D eigenvalue weighted by Crippen LogP contribution is -2.41. The summed E-state index contributed by atoms with van der Waals surface area (Å²) in [5, 5.41) is 59.3. The zero-order chi connectivity index (χ0) is 102. The van der Waals surface area contributed by atoms with Gasteiger partial charge >= 0.3 is 17.9 Å². The molecule has 15 aromatic carbocycles. The molecular formula is C113H102N6O20S3. The number of likely N-dealkylation sites (N-methyl/N-ethyl adjacent to an activating group) is 3. The van der Waals surface area contributed by atoms with Crippen LogP contribution in [0.15, 0.2) is 360 Å². The van der Waals surface area contributed by atoms with E-state index in [0.717, 1.165) is 113 Å². The maximum absolute atomic E-state index is 13.7. The summed E-state index contributed by atoms with van der Waals surface area (Å²) in [5.41, 5.74) is 19.0. The predicted octanol–water partition coefficient (Wildman–Crippen LogP) is 20.5. The van der Waals surface area contributed by atoms with Crippen molar-refractivity contribution in [3.63, 3.8) is 0 Å². The summed E-state index contributed by atoms with van der Waals surface area (Å²) >= 11 is 0. The molecular weight excluding hydrogens is 1860 g/mol. The fraction of sp³-hybridized carbons (Fsp3) is 0.133. The van der Waals surface area contributed by atoms with Gasteiger partial charge in [0.05, 0.1) is 54.0 Å². The van der Waals surface area contributed by atoms with E-state index in [1.807, 2.05) is 178 Å². The van der Waals surface area contributed by atoms with Crippen molar-refractivity contribution in [1.82, 2.24) is 12.9 Å². The van der Waals surface area contributed by atoms with Crippen molar-refractivity contribution >= 4 is 94.3 Å². The van der Waals surface area contributed by atoms with E-state index in [2.05, 4.69) is 49.4 Å². The van der Waals surface area contributed by atoms with Gasteiger partial charge in [0.1, 0.15) is 33.9 Å². The molecule has 0 saturated heterocycles. The van der Waals surface area contributed by atoms with Crippen LogP contribution in [0.25, 0.3) is 66.8 Å². The lowest BCUT2D eigenvalue weighted by molar-refractivity contribution is -0.119. The summed E-state index contributed by atoms with van der Waals surface area (Å²) in [5.74, 6) is -7.21. The van der Waals surface area contributed by atoms with Gasteiger partial charge in [-0.15, -0.1) is 0 Å². The van der Waals surface area contributed by atoms with E-state index in [0.29, 0.717) is 11.1 Å². The van der Waals surface area contributed by atoms with Crippen LogP contribution in [0.4, 0.5) is 17.1 Å². The third-order valence-electron chi connectivity index (χ3n) is 23.9. The number of hydrogen-bond acceptors (Lipinski definition) is 17. The fourth-order valence-electron chi connectivity index (χ4n) is 15.5. The first-order valence-electron chi connectivity index (χ1n) is 44.7. The Labute approximate surface area is 824 Å².